The molecule has 0 saturated heterocycles. The fraction of sp³-hybridized carbons (Fsp3) is 0.417. The summed E-state index contributed by atoms with van der Waals surface area (Å²) in [5.41, 5.74) is 0.0303. The maximum atomic E-state index is 11.6. The van der Waals surface area contributed by atoms with Crippen molar-refractivity contribution in [2.75, 3.05) is 12.4 Å². The van der Waals surface area contributed by atoms with Crippen molar-refractivity contribution in [1.82, 2.24) is 0 Å². The number of ether oxygens (including phenoxy) is 2. The summed E-state index contributed by atoms with van der Waals surface area (Å²) in [6, 6.07) is 5.40. The van der Waals surface area contributed by atoms with Crippen LogP contribution in [-0.4, -0.2) is 18.8 Å². The zero-order valence-corrected chi connectivity index (χ0v) is 11.9. The molecule has 1 N–H and O–H groups in total. The van der Waals surface area contributed by atoms with Crippen LogP contribution in [0, 0.1) is 0 Å². The SMILES string of the molecule is COc1cccc(Br)c1NC(=O)OC(C)(C)C. The Hall–Kier alpha value is -1.23. The summed E-state index contributed by atoms with van der Waals surface area (Å²) in [6.07, 6.45) is -0.511. The largest absolute Gasteiger partial charge is 0.495 e. The normalized spacial score (nSPS) is 10.9. The van der Waals surface area contributed by atoms with E-state index in [0.717, 1.165) is 4.47 Å². The first-order valence-corrected chi connectivity index (χ1v) is 5.95. The summed E-state index contributed by atoms with van der Waals surface area (Å²) >= 11 is 3.35. The summed E-state index contributed by atoms with van der Waals surface area (Å²) in [5, 5.41) is 2.65. The van der Waals surface area contributed by atoms with Crippen LogP contribution in [0.4, 0.5) is 10.5 Å². The van der Waals surface area contributed by atoms with Gasteiger partial charge in [0.1, 0.15) is 17.0 Å². The predicted octanol–water partition coefficient (Wildman–Crippen LogP) is 3.80. The van der Waals surface area contributed by atoms with Crippen molar-refractivity contribution in [3.8, 4) is 5.75 Å². The van der Waals surface area contributed by atoms with Gasteiger partial charge in [-0.15, -0.1) is 0 Å². The highest BCUT2D eigenvalue weighted by atomic mass is 79.9. The van der Waals surface area contributed by atoms with Crippen molar-refractivity contribution < 1.29 is 14.3 Å². The van der Waals surface area contributed by atoms with Crippen molar-refractivity contribution in [3.63, 3.8) is 0 Å². The third-order valence-electron chi connectivity index (χ3n) is 1.82. The van der Waals surface area contributed by atoms with Gasteiger partial charge in [0.2, 0.25) is 0 Å². The molecule has 1 aromatic carbocycles. The molecule has 0 aliphatic heterocycles. The third kappa shape index (κ3) is 4.26. The summed E-state index contributed by atoms with van der Waals surface area (Å²) in [6.45, 7) is 5.43. The van der Waals surface area contributed by atoms with Gasteiger partial charge in [-0.05, 0) is 48.8 Å². The maximum Gasteiger partial charge on any atom is 0.412 e. The highest BCUT2D eigenvalue weighted by Gasteiger charge is 2.18. The molecule has 0 bridgehead atoms. The zero-order valence-electron chi connectivity index (χ0n) is 10.3. The Bertz CT molecular complexity index is 413. The van der Waals surface area contributed by atoms with Crippen molar-refractivity contribution >= 4 is 27.7 Å². The van der Waals surface area contributed by atoms with E-state index in [1.807, 2.05) is 32.9 Å². The van der Waals surface area contributed by atoms with E-state index >= 15 is 0 Å². The molecule has 4 nitrogen and oxygen atoms in total. The van der Waals surface area contributed by atoms with Gasteiger partial charge in [-0.3, -0.25) is 5.32 Å². The highest BCUT2D eigenvalue weighted by molar-refractivity contribution is 9.10. The van der Waals surface area contributed by atoms with Crippen molar-refractivity contribution in [2.45, 2.75) is 26.4 Å². The van der Waals surface area contributed by atoms with E-state index in [1.165, 1.54) is 0 Å². The zero-order chi connectivity index (χ0) is 13.1. The van der Waals surface area contributed by atoms with Crippen LogP contribution in [0.25, 0.3) is 0 Å². The number of amides is 1. The van der Waals surface area contributed by atoms with E-state index in [4.69, 9.17) is 9.47 Å². The lowest BCUT2D eigenvalue weighted by Gasteiger charge is -2.20. The first kappa shape index (κ1) is 13.8. The van der Waals surface area contributed by atoms with Gasteiger partial charge in [-0.2, -0.15) is 0 Å². The molecule has 0 saturated carbocycles. The standard InChI is InChI=1S/C12H16BrNO3/c1-12(2,3)17-11(15)14-10-8(13)6-5-7-9(10)16-4/h5-7H,1-4H3,(H,14,15). The molecule has 0 spiro atoms. The maximum absolute atomic E-state index is 11.6. The molecular formula is C12H16BrNO3. The molecule has 17 heavy (non-hydrogen) atoms. The predicted molar refractivity (Wildman–Crippen MR) is 70.6 cm³/mol. The molecule has 1 rings (SSSR count). The fourth-order valence-electron chi connectivity index (χ4n) is 1.20. The lowest BCUT2D eigenvalue weighted by Crippen LogP contribution is -2.27. The quantitative estimate of drug-likeness (QED) is 0.903. The second kappa shape index (κ2) is 5.40. The number of carbonyl (C=O) groups is 1. The van der Waals surface area contributed by atoms with Gasteiger partial charge >= 0.3 is 6.09 Å². The highest BCUT2D eigenvalue weighted by Crippen LogP contribution is 2.32. The van der Waals surface area contributed by atoms with Gasteiger partial charge in [-0.1, -0.05) is 6.07 Å². The van der Waals surface area contributed by atoms with Gasteiger partial charge in [-0.25, -0.2) is 4.79 Å². The number of rotatable bonds is 2. The van der Waals surface area contributed by atoms with Crippen LogP contribution in [-0.2, 0) is 4.74 Å². The molecule has 0 aliphatic rings. The molecule has 1 aromatic rings. The molecule has 0 heterocycles. The van der Waals surface area contributed by atoms with Crippen LogP contribution in [0.5, 0.6) is 5.75 Å². The number of carbonyl (C=O) groups excluding carboxylic acids is 1. The molecule has 0 radical (unpaired) electrons. The van der Waals surface area contributed by atoms with Crippen LogP contribution >= 0.6 is 15.9 Å². The Morgan fingerprint density at radius 1 is 1.35 bits per heavy atom. The second-order valence-electron chi connectivity index (χ2n) is 4.44. The van der Waals surface area contributed by atoms with Gasteiger partial charge in [0.25, 0.3) is 0 Å². The molecule has 0 unspecified atom stereocenters. The number of nitrogens with one attached hydrogen (secondary N) is 1. The summed E-state index contributed by atoms with van der Waals surface area (Å²) in [7, 11) is 1.54. The lowest BCUT2D eigenvalue weighted by atomic mass is 10.2. The minimum atomic E-state index is -0.529. The van der Waals surface area contributed by atoms with Gasteiger partial charge in [0, 0.05) is 4.47 Å². The van der Waals surface area contributed by atoms with Crippen molar-refractivity contribution in [2.24, 2.45) is 0 Å². The average molecular weight is 302 g/mol. The molecule has 1 amide bonds. The van der Waals surface area contributed by atoms with Crippen LogP contribution < -0.4 is 10.1 Å². The minimum Gasteiger partial charge on any atom is -0.495 e. The molecule has 94 valence electrons. The van der Waals surface area contributed by atoms with E-state index in [-0.39, 0.29) is 0 Å². The van der Waals surface area contributed by atoms with Crippen LogP contribution in [0.15, 0.2) is 22.7 Å². The van der Waals surface area contributed by atoms with Gasteiger partial charge < -0.3 is 9.47 Å². The molecule has 0 atom stereocenters. The minimum absolute atomic E-state index is 0.511. The van der Waals surface area contributed by atoms with Gasteiger partial charge in [0.05, 0.1) is 7.11 Å². The third-order valence-corrected chi connectivity index (χ3v) is 2.48. The van der Waals surface area contributed by atoms with E-state index in [2.05, 4.69) is 21.2 Å². The summed E-state index contributed by atoms with van der Waals surface area (Å²) < 4.78 is 11.1. The van der Waals surface area contributed by atoms with Crippen LogP contribution in [0.3, 0.4) is 0 Å². The van der Waals surface area contributed by atoms with Gasteiger partial charge in [0.15, 0.2) is 0 Å². The smallest absolute Gasteiger partial charge is 0.412 e. The van der Waals surface area contributed by atoms with Crippen LogP contribution in [0.2, 0.25) is 0 Å². The average Bonchev–Trinajstić information content (AvgIpc) is 2.18. The molecule has 0 aromatic heterocycles. The first-order chi connectivity index (χ1) is 7.83. The fourth-order valence-corrected chi connectivity index (χ4v) is 1.65. The number of anilines is 1. The number of benzene rings is 1. The molecule has 5 heteroatoms. The number of hydrogen-bond acceptors (Lipinski definition) is 3. The molecule has 0 fully saturated rings. The Kier molecular flexibility index (Phi) is 4.40. The van der Waals surface area contributed by atoms with Crippen molar-refractivity contribution in [3.05, 3.63) is 22.7 Å². The molecular weight excluding hydrogens is 286 g/mol. The van der Waals surface area contributed by atoms with E-state index < -0.39 is 11.7 Å². The lowest BCUT2D eigenvalue weighted by molar-refractivity contribution is 0.0635. The summed E-state index contributed by atoms with van der Waals surface area (Å²) in [5.74, 6) is 0.574. The number of hydrogen-bond donors (Lipinski definition) is 1. The monoisotopic (exact) mass is 301 g/mol. The number of halogens is 1. The van der Waals surface area contributed by atoms with E-state index in [9.17, 15) is 4.79 Å². The Morgan fingerprint density at radius 3 is 2.53 bits per heavy atom. The van der Waals surface area contributed by atoms with E-state index in [0.29, 0.717) is 11.4 Å². The molecule has 0 aliphatic carbocycles. The number of methoxy groups -OCH3 is 1. The Morgan fingerprint density at radius 2 is 2.00 bits per heavy atom. The Balaban J connectivity index is 2.84. The van der Waals surface area contributed by atoms with E-state index in [1.54, 1.807) is 13.2 Å². The van der Waals surface area contributed by atoms with Crippen molar-refractivity contribution in [1.29, 1.82) is 0 Å². The second-order valence-corrected chi connectivity index (χ2v) is 5.30. The Labute approximate surface area is 109 Å². The van der Waals surface area contributed by atoms with Crippen LogP contribution in [0.1, 0.15) is 20.8 Å². The summed E-state index contributed by atoms with van der Waals surface area (Å²) in [4.78, 5) is 11.6. The number of para-hydroxylation sites is 1. The first-order valence-electron chi connectivity index (χ1n) is 5.16. The topological polar surface area (TPSA) is 47.6 Å².